The molecule has 1 heterocycles. The number of carbonyl (C=O) groups is 3. The summed E-state index contributed by atoms with van der Waals surface area (Å²) in [4.78, 5) is 55.4. The highest BCUT2D eigenvalue weighted by Gasteiger charge is 2.28. The third-order valence-corrected chi connectivity index (χ3v) is 4.93. The summed E-state index contributed by atoms with van der Waals surface area (Å²) in [6.45, 7) is 11.6. The van der Waals surface area contributed by atoms with Gasteiger partial charge in [-0.05, 0) is 60.1 Å². The fourth-order valence-electron chi connectivity index (χ4n) is 3.50. The number of nitro benzene ring substituents is 1. The number of guanidine groups is 1. The average Bonchev–Trinajstić information content (AvgIpc) is 3.01. The molecule has 1 saturated heterocycles. The topological polar surface area (TPSA) is 153 Å². The number of esters is 1. The molecule has 1 aromatic carbocycles. The zero-order valence-corrected chi connectivity index (χ0v) is 22.3. The Balaban J connectivity index is 2.30. The van der Waals surface area contributed by atoms with Crippen LogP contribution in [-0.4, -0.2) is 78.4 Å². The first-order valence-electron chi connectivity index (χ1n) is 11.8. The first-order chi connectivity index (χ1) is 17.1. The summed E-state index contributed by atoms with van der Waals surface area (Å²) in [5, 5.41) is 14.3. The number of methoxy groups -OCH3 is 1. The Bertz CT molecular complexity index is 1060. The molecule has 1 aromatic rings. The molecule has 37 heavy (non-hydrogen) atoms. The number of nitrogens with zero attached hydrogens (tertiary/aromatic N) is 4. The maximum absolute atomic E-state index is 12.5. The second-order valence-corrected chi connectivity index (χ2v) is 10.3. The number of hydrogen-bond acceptors (Lipinski definition) is 9. The van der Waals surface area contributed by atoms with Gasteiger partial charge in [0.15, 0.2) is 0 Å². The molecule has 1 aliphatic heterocycles. The fraction of sp³-hybridized carbons (Fsp3) is 0.583. The number of anilines is 1. The molecule has 1 fully saturated rings. The molecule has 1 N–H and O–H groups in total. The van der Waals surface area contributed by atoms with Crippen LogP contribution in [0.5, 0.6) is 0 Å². The Morgan fingerprint density at radius 2 is 1.65 bits per heavy atom. The molecule has 0 saturated carbocycles. The van der Waals surface area contributed by atoms with Gasteiger partial charge in [0.25, 0.3) is 5.69 Å². The van der Waals surface area contributed by atoms with E-state index in [2.05, 4.69) is 15.0 Å². The summed E-state index contributed by atoms with van der Waals surface area (Å²) in [5.74, 6) is -0.714. The molecule has 0 atom stereocenters. The minimum Gasteiger partial charge on any atom is -0.465 e. The van der Waals surface area contributed by atoms with Crippen molar-refractivity contribution in [2.75, 3.05) is 38.2 Å². The quantitative estimate of drug-likeness (QED) is 0.155. The largest absolute Gasteiger partial charge is 0.465 e. The van der Waals surface area contributed by atoms with Crippen LogP contribution in [0.2, 0.25) is 0 Å². The zero-order chi connectivity index (χ0) is 28.0. The van der Waals surface area contributed by atoms with E-state index >= 15 is 0 Å². The number of benzene rings is 1. The number of nitrogens with one attached hydrogen (secondary N) is 1. The van der Waals surface area contributed by atoms with E-state index in [4.69, 9.17) is 9.47 Å². The fourth-order valence-corrected chi connectivity index (χ4v) is 3.50. The molecule has 204 valence electrons. The number of amides is 2. The van der Waals surface area contributed by atoms with Crippen LogP contribution in [0.4, 0.5) is 21.0 Å². The molecular weight excluding hydrogens is 486 g/mol. The third kappa shape index (κ3) is 9.24. The molecule has 0 aliphatic carbocycles. The van der Waals surface area contributed by atoms with E-state index in [1.165, 1.54) is 25.3 Å². The van der Waals surface area contributed by atoms with E-state index in [0.29, 0.717) is 31.7 Å². The van der Waals surface area contributed by atoms with Crippen molar-refractivity contribution in [3.05, 3.63) is 33.9 Å². The van der Waals surface area contributed by atoms with Crippen LogP contribution in [-0.2, 0) is 14.2 Å². The molecule has 0 aromatic heterocycles. The van der Waals surface area contributed by atoms with E-state index in [1.807, 2.05) is 0 Å². The Morgan fingerprint density at radius 3 is 2.22 bits per heavy atom. The van der Waals surface area contributed by atoms with Gasteiger partial charge >= 0.3 is 18.2 Å². The van der Waals surface area contributed by atoms with Crippen molar-refractivity contribution >= 4 is 35.5 Å². The van der Waals surface area contributed by atoms with Crippen LogP contribution in [0.25, 0.3) is 0 Å². The SMILES string of the molecule is COC(=O)c1ccc(N2CCCN(/C(=N\C(=O)OC(C)(C)C)NC(=O)OC(C)(C)C)CC2)c([N+](=O)[O-])c1. The standard InChI is InChI=1S/C24H35N5O8/c1-23(2,3)36-21(31)25-20(26-22(32)37-24(4,5)6)28-12-8-11-27(13-14-28)17-10-9-16(19(30)35-7)15-18(17)29(33)34/h9-10,15H,8,11-14H2,1-7H3,(H,25,26,31,32). The molecule has 0 spiro atoms. The summed E-state index contributed by atoms with van der Waals surface area (Å²) in [6.07, 6.45) is -1.14. The smallest absolute Gasteiger partial charge is 0.437 e. The van der Waals surface area contributed by atoms with Crippen molar-refractivity contribution in [3.8, 4) is 0 Å². The van der Waals surface area contributed by atoms with Crippen LogP contribution in [0.3, 0.4) is 0 Å². The maximum atomic E-state index is 12.5. The minimum absolute atomic E-state index is 0.0408. The number of alkyl carbamates (subject to hydrolysis) is 1. The van der Waals surface area contributed by atoms with E-state index in [1.54, 1.807) is 51.3 Å². The lowest BCUT2D eigenvalue weighted by molar-refractivity contribution is -0.384. The van der Waals surface area contributed by atoms with Gasteiger partial charge in [-0.1, -0.05) is 0 Å². The van der Waals surface area contributed by atoms with Crippen molar-refractivity contribution in [2.45, 2.75) is 59.2 Å². The predicted octanol–water partition coefficient (Wildman–Crippen LogP) is 3.71. The molecular formula is C24H35N5O8. The van der Waals surface area contributed by atoms with Crippen molar-refractivity contribution in [1.82, 2.24) is 10.2 Å². The Kier molecular flexibility index (Phi) is 9.43. The first-order valence-corrected chi connectivity index (χ1v) is 11.8. The number of ether oxygens (including phenoxy) is 3. The molecule has 0 unspecified atom stereocenters. The summed E-state index contributed by atoms with van der Waals surface area (Å²) >= 11 is 0. The number of rotatable bonds is 3. The lowest BCUT2D eigenvalue weighted by Gasteiger charge is -2.27. The predicted molar refractivity (Wildman–Crippen MR) is 136 cm³/mol. The van der Waals surface area contributed by atoms with Crippen molar-refractivity contribution in [3.63, 3.8) is 0 Å². The molecule has 13 nitrogen and oxygen atoms in total. The summed E-state index contributed by atoms with van der Waals surface area (Å²) in [7, 11) is 1.20. The highest BCUT2D eigenvalue weighted by atomic mass is 16.6. The molecule has 2 amide bonds. The minimum atomic E-state index is -0.881. The molecule has 0 radical (unpaired) electrons. The summed E-state index contributed by atoms with van der Waals surface area (Å²) in [6, 6.07) is 4.16. The third-order valence-electron chi connectivity index (χ3n) is 4.93. The van der Waals surface area contributed by atoms with Gasteiger partial charge in [0.2, 0.25) is 5.96 Å². The Morgan fingerprint density at radius 1 is 1.00 bits per heavy atom. The van der Waals surface area contributed by atoms with Crippen LogP contribution in [0.15, 0.2) is 23.2 Å². The van der Waals surface area contributed by atoms with Gasteiger partial charge in [-0.2, -0.15) is 0 Å². The second-order valence-electron chi connectivity index (χ2n) is 10.3. The van der Waals surface area contributed by atoms with E-state index < -0.39 is 34.3 Å². The highest BCUT2D eigenvalue weighted by Crippen LogP contribution is 2.30. The van der Waals surface area contributed by atoms with Crippen molar-refractivity contribution in [1.29, 1.82) is 0 Å². The van der Waals surface area contributed by atoms with Crippen molar-refractivity contribution < 1.29 is 33.5 Å². The second kappa shape index (κ2) is 11.9. The van der Waals surface area contributed by atoms with E-state index in [-0.39, 0.29) is 23.8 Å². The average molecular weight is 522 g/mol. The summed E-state index contributed by atoms with van der Waals surface area (Å²) < 4.78 is 15.3. The molecule has 2 rings (SSSR count). The molecule has 13 heteroatoms. The summed E-state index contributed by atoms with van der Waals surface area (Å²) in [5.41, 5.74) is -1.38. The van der Waals surface area contributed by atoms with Gasteiger partial charge in [0.1, 0.15) is 16.9 Å². The van der Waals surface area contributed by atoms with Gasteiger partial charge in [0.05, 0.1) is 17.6 Å². The number of nitro groups is 1. The Labute approximate surface area is 215 Å². The highest BCUT2D eigenvalue weighted by molar-refractivity contribution is 5.99. The lowest BCUT2D eigenvalue weighted by atomic mass is 10.1. The normalized spacial score (nSPS) is 14.9. The number of aliphatic imine (C=N–C) groups is 1. The van der Waals surface area contributed by atoms with Gasteiger partial charge in [0, 0.05) is 32.2 Å². The van der Waals surface area contributed by atoms with Gasteiger partial charge in [-0.25, -0.2) is 14.4 Å². The van der Waals surface area contributed by atoms with Crippen LogP contribution < -0.4 is 10.2 Å². The lowest BCUT2D eigenvalue weighted by Crippen LogP contribution is -2.47. The maximum Gasteiger partial charge on any atom is 0.437 e. The van der Waals surface area contributed by atoms with Crippen molar-refractivity contribution in [2.24, 2.45) is 4.99 Å². The van der Waals surface area contributed by atoms with E-state index in [9.17, 15) is 24.5 Å². The van der Waals surface area contributed by atoms with Crippen LogP contribution >= 0.6 is 0 Å². The van der Waals surface area contributed by atoms with Crippen LogP contribution in [0.1, 0.15) is 58.3 Å². The number of carbonyl (C=O) groups excluding carboxylic acids is 3. The zero-order valence-electron chi connectivity index (χ0n) is 22.3. The van der Waals surface area contributed by atoms with Gasteiger partial charge in [-0.3, -0.25) is 15.4 Å². The van der Waals surface area contributed by atoms with E-state index in [0.717, 1.165) is 0 Å². The van der Waals surface area contributed by atoms with Gasteiger partial charge < -0.3 is 24.0 Å². The molecule has 0 bridgehead atoms. The van der Waals surface area contributed by atoms with Crippen LogP contribution in [0, 0.1) is 10.1 Å². The molecule has 1 aliphatic rings. The number of hydrogen-bond donors (Lipinski definition) is 1. The monoisotopic (exact) mass is 521 g/mol. The first kappa shape index (κ1) is 29.3. The Hall–Kier alpha value is -3.90. The van der Waals surface area contributed by atoms with Gasteiger partial charge in [-0.15, -0.1) is 4.99 Å².